The second-order valence-electron chi connectivity index (χ2n) is 2.75. The van der Waals surface area contributed by atoms with Crippen molar-refractivity contribution in [1.29, 1.82) is 0 Å². The zero-order valence-electron chi connectivity index (χ0n) is 7.20. The Hall–Kier alpha value is -0.900. The first-order chi connectivity index (χ1) is 5.65. The summed E-state index contributed by atoms with van der Waals surface area (Å²) in [5, 5.41) is 0. The molecule has 0 aromatic rings. The van der Waals surface area contributed by atoms with Gasteiger partial charge in [0.15, 0.2) is 5.78 Å². The minimum Gasteiger partial charge on any atom is -0.464 e. The van der Waals surface area contributed by atoms with Crippen LogP contribution in [-0.2, 0) is 19.1 Å². The number of hydrogen-bond acceptors (Lipinski definition) is 4. The summed E-state index contributed by atoms with van der Waals surface area (Å²) in [6, 6.07) is 0. The molecule has 4 heteroatoms. The van der Waals surface area contributed by atoms with Crippen LogP contribution in [0.15, 0.2) is 0 Å². The summed E-state index contributed by atoms with van der Waals surface area (Å²) < 4.78 is 9.72. The van der Waals surface area contributed by atoms with Crippen LogP contribution in [0.2, 0.25) is 0 Å². The van der Waals surface area contributed by atoms with Gasteiger partial charge in [-0.1, -0.05) is 0 Å². The van der Waals surface area contributed by atoms with Crippen molar-refractivity contribution in [2.45, 2.75) is 32.5 Å². The Bertz CT molecular complexity index is 199. The SMILES string of the molecule is CCOC(=O)[C@@H]1O[C@H](C)CC1=O. The van der Waals surface area contributed by atoms with E-state index < -0.39 is 12.1 Å². The molecule has 0 aromatic heterocycles. The Balaban J connectivity index is 2.52. The van der Waals surface area contributed by atoms with Gasteiger partial charge in [-0.05, 0) is 13.8 Å². The third kappa shape index (κ3) is 1.82. The molecular formula is C8H12O4. The molecular weight excluding hydrogens is 160 g/mol. The van der Waals surface area contributed by atoms with Crippen molar-refractivity contribution < 1.29 is 19.1 Å². The largest absolute Gasteiger partial charge is 0.464 e. The maximum Gasteiger partial charge on any atom is 0.343 e. The molecule has 0 amide bonds. The van der Waals surface area contributed by atoms with Gasteiger partial charge in [-0.3, -0.25) is 4.79 Å². The molecule has 0 aromatic carbocycles. The average molecular weight is 172 g/mol. The summed E-state index contributed by atoms with van der Waals surface area (Å²) in [6.07, 6.45) is -0.824. The number of ketones is 1. The van der Waals surface area contributed by atoms with Crippen molar-refractivity contribution in [2.75, 3.05) is 6.61 Å². The molecule has 1 aliphatic rings. The average Bonchev–Trinajstić information content (AvgIpc) is 2.30. The van der Waals surface area contributed by atoms with Crippen molar-refractivity contribution in [3.63, 3.8) is 0 Å². The molecule has 0 radical (unpaired) electrons. The van der Waals surface area contributed by atoms with Crippen LogP contribution in [0.3, 0.4) is 0 Å². The molecule has 0 bridgehead atoms. The zero-order chi connectivity index (χ0) is 9.14. The number of esters is 1. The number of carbonyl (C=O) groups is 2. The van der Waals surface area contributed by atoms with Gasteiger partial charge < -0.3 is 9.47 Å². The molecule has 1 aliphatic heterocycles. The number of ether oxygens (including phenoxy) is 2. The van der Waals surface area contributed by atoms with Gasteiger partial charge in [-0.15, -0.1) is 0 Å². The standard InChI is InChI=1S/C8H12O4/c1-3-11-8(10)7-6(9)4-5(2)12-7/h5,7H,3-4H2,1-2H3/t5-,7-/m1/s1. The van der Waals surface area contributed by atoms with Gasteiger partial charge in [-0.2, -0.15) is 0 Å². The molecule has 0 N–H and O–H groups in total. The fourth-order valence-corrected chi connectivity index (χ4v) is 1.15. The summed E-state index contributed by atoms with van der Waals surface area (Å²) in [5.41, 5.74) is 0. The van der Waals surface area contributed by atoms with E-state index in [0.717, 1.165) is 0 Å². The predicted octanol–water partition coefficient (Wildman–Crippen LogP) is 0.296. The first-order valence-corrected chi connectivity index (χ1v) is 4.00. The van der Waals surface area contributed by atoms with Crippen LogP contribution in [-0.4, -0.2) is 30.6 Å². The second-order valence-corrected chi connectivity index (χ2v) is 2.75. The maximum absolute atomic E-state index is 11.1. The van der Waals surface area contributed by atoms with Crippen LogP contribution < -0.4 is 0 Å². The van der Waals surface area contributed by atoms with Crippen LogP contribution in [0.5, 0.6) is 0 Å². The van der Waals surface area contributed by atoms with Gasteiger partial charge in [0.05, 0.1) is 12.7 Å². The van der Waals surface area contributed by atoms with E-state index in [2.05, 4.69) is 4.74 Å². The molecule has 4 nitrogen and oxygen atoms in total. The molecule has 0 saturated carbocycles. The van der Waals surface area contributed by atoms with E-state index in [1.807, 2.05) is 0 Å². The maximum atomic E-state index is 11.1. The lowest BCUT2D eigenvalue weighted by atomic mass is 10.2. The molecule has 1 heterocycles. The van der Waals surface area contributed by atoms with Gasteiger partial charge in [0.2, 0.25) is 6.10 Å². The van der Waals surface area contributed by atoms with Crippen LogP contribution in [0.4, 0.5) is 0 Å². The summed E-state index contributed by atoms with van der Waals surface area (Å²) >= 11 is 0. The summed E-state index contributed by atoms with van der Waals surface area (Å²) in [6.45, 7) is 3.73. The molecule has 68 valence electrons. The predicted molar refractivity (Wildman–Crippen MR) is 40.6 cm³/mol. The van der Waals surface area contributed by atoms with E-state index >= 15 is 0 Å². The van der Waals surface area contributed by atoms with Gasteiger partial charge in [0.25, 0.3) is 0 Å². The Kier molecular flexibility index (Phi) is 2.81. The lowest BCUT2D eigenvalue weighted by Crippen LogP contribution is -2.29. The number of Topliss-reactive ketones (excluding diaryl/α,β-unsaturated/α-hetero) is 1. The zero-order valence-corrected chi connectivity index (χ0v) is 7.20. The van der Waals surface area contributed by atoms with Gasteiger partial charge in [-0.25, -0.2) is 4.79 Å². The van der Waals surface area contributed by atoms with Crippen molar-refractivity contribution >= 4 is 11.8 Å². The summed E-state index contributed by atoms with van der Waals surface area (Å²) in [4.78, 5) is 22.1. The minimum atomic E-state index is -0.972. The lowest BCUT2D eigenvalue weighted by Gasteiger charge is -2.07. The van der Waals surface area contributed by atoms with Crippen molar-refractivity contribution in [3.8, 4) is 0 Å². The number of carbonyl (C=O) groups excluding carboxylic acids is 2. The Morgan fingerprint density at radius 2 is 2.42 bits per heavy atom. The van der Waals surface area contributed by atoms with Gasteiger partial charge in [0, 0.05) is 6.42 Å². The second kappa shape index (κ2) is 3.67. The van der Waals surface area contributed by atoms with Crippen molar-refractivity contribution in [2.24, 2.45) is 0 Å². The smallest absolute Gasteiger partial charge is 0.343 e. The third-order valence-corrected chi connectivity index (χ3v) is 1.65. The van der Waals surface area contributed by atoms with Crippen molar-refractivity contribution in [3.05, 3.63) is 0 Å². The Morgan fingerprint density at radius 3 is 2.83 bits per heavy atom. The van der Waals surface area contributed by atoms with E-state index in [4.69, 9.17) is 4.74 Å². The molecule has 0 unspecified atom stereocenters. The Morgan fingerprint density at radius 1 is 1.75 bits per heavy atom. The van der Waals surface area contributed by atoms with Crippen LogP contribution in [0.1, 0.15) is 20.3 Å². The number of rotatable bonds is 2. The molecule has 1 rings (SSSR count). The fraction of sp³-hybridized carbons (Fsp3) is 0.750. The van der Waals surface area contributed by atoms with E-state index in [0.29, 0.717) is 6.42 Å². The van der Waals surface area contributed by atoms with E-state index in [9.17, 15) is 9.59 Å². The molecule has 12 heavy (non-hydrogen) atoms. The quantitative estimate of drug-likeness (QED) is 0.444. The highest BCUT2D eigenvalue weighted by Crippen LogP contribution is 2.16. The highest BCUT2D eigenvalue weighted by atomic mass is 16.6. The first kappa shape index (κ1) is 9.19. The minimum absolute atomic E-state index is 0.160. The van der Waals surface area contributed by atoms with Gasteiger partial charge >= 0.3 is 5.97 Å². The lowest BCUT2D eigenvalue weighted by molar-refractivity contribution is -0.157. The number of hydrogen-bond donors (Lipinski definition) is 0. The summed E-state index contributed by atoms with van der Waals surface area (Å²) in [7, 11) is 0. The summed E-state index contributed by atoms with van der Waals surface area (Å²) in [5.74, 6) is -0.743. The highest BCUT2D eigenvalue weighted by Gasteiger charge is 2.37. The first-order valence-electron chi connectivity index (χ1n) is 4.00. The van der Waals surface area contributed by atoms with E-state index in [1.54, 1.807) is 13.8 Å². The topological polar surface area (TPSA) is 52.6 Å². The van der Waals surface area contributed by atoms with Crippen LogP contribution in [0.25, 0.3) is 0 Å². The molecule has 0 aliphatic carbocycles. The van der Waals surface area contributed by atoms with E-state index in [-0.39, 0.29) is 18.5 Å². The highest BCUT2D eigenvalue weighted by molar-refractivity contribution is 6.03. The fourth-order valence-electron chi connectivity index (χ4n) is 1.15. The van der Waals surface area contributed by atoms with Crippen molar-refractivity contribution in [1.82, 2.24) is 0 Å². The Labute approximate surface area is 70.8 Å². The van der Waals surface area contributed by atoms with E-state index in [1.165, 1.54) is 0 Å². The third-order valence-electron chi connectivity index (χ3n) is 1.65. The monoisotopic (exact) mass is 172 g/mol. The van der Waals surface area contributed by atoms with Crippen LogP contribution >= 0.6 is 0 Å². The molecule has 0 spiro atoms. The molecule has 2 atom stereocenters. The van der Waals surface area contributed by atoms with Gasteiger partial charge in [0.1, 0.15) is 0 Å². The molecule has 1 saturated heterocycles. The normalized spacial score (nSPS) is 29.0. The molecule has 1 fully saturated rings. The van der Waals surface area contributed by atoms with Crippen LogP contribution in [0, 0.1) is 0 Å².